The highest BCUT2D eigenvalue weighted by Crippen LogP contribution is 2.30. The summed E-state index contributed by atoms with van der Waals surface area (Å²) in [5, 5.41) is 0. The van der Waals surface area contributed by atoms with Gasteiger partial charge >= 0.3 is 0 Å². The molecule has 1 aliphatic carbocycles. The van der Waals surface area contributed by atoms with E-state index in [1.165, 1.54) is 18.4 Å². The third-order valence-electron chi connectivity index (χ3n) is 2.57. The highest BCUT2D eigenvalue weighted by molar-refractivity contribution is 5.38. The predicted octanol–water partition coefficient (Wildman–Crippen LogP) is 2.25. The molecule has 2 heteroatoms. The van der Waals surface area contributed by atoms with Gasteiger partial charge in [0.15, 0.2) is 0 Å². The van der Waals surface area contributed by atoms with Crippen LogP contribution in [0.15, 0.2) is 18.2 Å². The van der Waals surface area contributed by atoms with Gasteiger partial charge in [-0.15, -0.1) is 0 Å². The number of ether oxygens (including phenoxy) is 1. The molecule has 1 aromatic rings. The van der Waals surface area contributed by atoms with Crippen LogP contribution in [0.3, 0.4) is 0 Å². The number of rotatable bonds is 4. The average molecular weight is 191 g/mol. The first-order chi connectivity index (χ1) is 6.83. The van der Waals surface area contributed by atoms with E-state index in [-0.39, 0.29) is 0 Å². The van der Waals surface area contributed by atoms with Gasteiger partial charge < -0.3 is 10.5 Å². The molecule has 1 aliphatic rings. The second kappa shape index (κ2) is 4.01. The van der Waals surface area contributed by atoms with E-state index in [1.807, 2.05) is 0 Å². The van der Waals surface area contributed by atoms with Gasteiger partial charge in [-0.2, -0.15) is 0 Å². The van der Waals surface area contributed by atoms with Crippen LogP contribution in [0.2, 0.25) is 0 Å². The Labute approximate surface area is 85.1 Å². The van der Waals surface area contributed by atoms with Crippen molar-refractivity contribution in [1.82, 2.24) is 0 Å². The molecule has 0 spiro atoms. The van der Waals surface area contributed by atoms with Crippen molar-refractivity contribution >= 4 is 0 Å². The Balaban J connectivity index is 2.21. The summed E-state index contributed by atoms with van der Waals surface area (Å²) in [7, 11) is 0. The van der Waals surface area contributed by atoms with E-state index >= 15 is 0 Å². The maximum Gasteiger partial charge on any atom is 0.123 e. The maximum atomic E-state index is 5.83. The van der Waals surface area contributed by atoms with E-state index in [4.69, 9.17) is 10.5 Å². The van der Waals surface area contributed by atoms with Crippen molar-refractivity contribution in [2.24, 2.45) is 5.73 Å². The first kappa shape index (κ1) is 9.53. The van der Waals surface area contributed by atoms with Crippen molar-refractivity contribution in [2.75, 3.05) is 0 Å². The number of aryl methyl sites for hydroxylation is 1. The Morgan fingerprint density at radius 2 is 2.21 bits per heavy atom. The Morgan fingerprint density at radius 1 is 1.43 bits per heavy atom. The van der Waals surface area contributed by atoms with Crippen molar-refractivity contribution in [3.63, 3.8) is 0 Å². The monoisotopic (exact) mass is 191 g/mol. The van der Waals surface area contributed by atoms with Gasteiger partial charge in [0.25, 0.3) is 0 Å². The quantitative estimate of drug-likeness (QED) is 0.792. The van der Waals surface area contributed by atoms with Gasteiger partial charge in [-0.3, -0.25) is 0 Å². The molecule has 0 aliphatic heterocycles. The molecule has 0 amide bonds. The van der Waals surface area contributed by atoms with Crippen LogP contribution in [0, 0.1) is 0 Å². The van der Waals surface area contributed by atoms with Crippen LogP contribution in [0.1, 0.15) is 30.9 Å². The molecule has 0 bridgehead atoms. The lowest BCUT2D eigenvalue weighted by atomic mass is 10.1. The molecule has 1 fully saturated rings. The molecule has 2 rings (SSSR count). The zero-order chi connectivity index (χ0) is 9.97. The summed E-state index contributed by atoms with van der Waals surface area (Å²) < 4.78 is 5.83. The van der Waals surface area contributed by atoms with Crippen LogP contribution >= 0.6 is 0 Å². The summed E-state index contributed by atoms with van der Waals surface area (Å²) in [6.07, 6.45) is 3.90. The summed E-state index contributed by atoms with van der Waals surface area (Å²) in [6.45, 7) is 2.74. The van der Waals surface area contributed by atoms with Crippen LogP contribution < -0.4 is 10.5 Å². The van der Waals surface area contributed by atoms with E-state index in [0.29, 0.717) is 12.6 Å². The Kier molecular flexibility index (Phi) is 2.73. The van der Waals surface area contributed by atoms with Crippen LogP contribution in [0.25, 0.3) is 0 Å². The van der Waals surface area contributed by atoms with Crippen molar-refractivity contribution in [3.8, 4) is 5.75 Å². The fourth-order valence-corrected chi connectivity index (χ4v) is 1.49. The van der Waals surface area contributed by atoms with E-state index in [1.54, 1.807) is 0 Å². The lowest BCUT2D eigenvalue weighted by Gasteiger charge is -2.10. The molecule has 0 aromatic heterocycles. The Hall–Kier alpha value is -1.02. The molecule has 0 heterocycles. The summed E-state index contributed by atoms with van der Waals surface area (Å²) in [5.41, 5.74) is 8.04. The molecule has 0 unspecified atom stereocenters. The van der Waals surface area contributed by atoms with Crippen LogP contribution in [-0.2, 0) is 13.0 Å². The average Bonchev–Trinajstić information content (AvgIpc) is 3.01. The van der Waals surface area contributed by atoms with Crippen LogP contribution in [0.5, 0.6) is 5.75 Å². The van der Waals surface area contributed by atoms with Crippen molar-refractivity contribution in [3.05, 3.63) is 29.3 Å². The fraction of sp³-hybridized carbons (Fsp3) is 0.500. The summed E-state index contributed by atoms with van der Waals surface area (Å²) in [4.78, 5) is 0. The summed E-state index contributed by atoms with van der Waals surface area (Å²) in [5.74, 6) is 1.04. The molecule has 1 saturated carbocycles. The minimum Gasteiger partial charge on any atom is -0.490 e. The largest absolute Gasteiger partial charge is 0.490 e. The van der Waals surface area contributed by atoms with Crippen LogP contribution in [-0.4, -0.2) is 6.10 Å². The number of hydrogen-bond acceptors (Lipinski definition) is 2. The van der Waals surface area contributed by atoms with Crippen LogP contribution in [0.4, 0.5) is 0 Å². The second-order valence-electron chi connectivity index (χ2n) is 3.82. The molecule has 76 valence electrons. The SMILES string of the molecule is CCc1ccc(CN)cc1OC1CC1. The molecule has 14 heavy (non-hydrogen) atoms. The second-order valence-corrected chi connectivity index (χ2v) is 3.82. The zero-order valence-corrected chi connectivity index (χ0v) is 8.62. The molecule has 2 nitrogen and oxygen atoms in total. The van der Waals surface area contributed by atoms with E-state index in [9.17, 15) is 0 Å². The van der Waals surface area contributed by atoms with Gasteiger partial charge in [-0.1, -0.05) is 19.1 Å². The molecular formula is C12H17NO. The summed E-state index contributed by atoms with van der Waals surface area (Å²) >= 11 is 0. The van der Waals surface area contributed by atoms with E-state index in [2.05, 4.69) is 25.1 Å². The number of benzene rings is 1. The third kappa shape index (κ3) is 2.07. The van der Waals surface area contributed by atoms with Gasteiger partial charge in [0.2, 0.25) is 0 Å². The van der Waals surface area contributed by atoms with Gasteiger partial charge in [0.1, 0.15) is 5.75 Å². The standard InChI is InChI=1S/C12H17NO/c1-2-10-4-3-9(8-13)7-12(10)14-11-5-6-11/h3-4,7,11H,2,5-6,8,13H2,1H3. The smallest absolute Gasteiger partial charge is 0.123 e. The molecular weight excluding hydrogens is 174 g/mol. The third-order valence-corrected chi connectivity index (χ3v) is 2.57. The lowest BCUT2D eigenvalue weighted by molar-refractivity contribution is 0.300. The number of nitrogens with two attached hydrogens (primary N) is 1. The molecule has 0 radical (unpaired) electrons. The predicted molar refractivity (Wildman–Crippen MR) is 57.4 cm³/mol. The minimum absolute atomic E-state index is 0.466. The molecule has 0 saturated heterocycles. The first-order valence-corrected chi connectivity index (χ1v) is 5.32. The van der Waals surface area contributed by atoms with Gasteiger partial charge in [0, 0.05) is 6.54 Å². The zero-order valence-electron chi connectivity index (χ0n) is 8.62. The molecule has 0 atom stereocenters. The van der Waals surface area contributed by atoms with E-state index in [0.717, 1.165) is 17.7 Å². The fourth-order valence-electron chi connectivity index (χ4n) is 1.49. The summed E-state index contributed by atoms with van der Waals surface area (Å²) in [6, 6.07) is 6.29. The lowest BCUT2D eigenvalue weighted by Crippen LogP contribution is -2.02. The topological polar surface area (TPSA) is 35.2 Å². The number of hydrogen-bond donors (Lipinski definition) is 1. The van der Waals surface area contributed by atoms with Crippen molar-refractivity contribution < 1.29 is 4.74 Å². The van der Waals surface area contributed by atoms with Gasteiger partial charge in [-0.05, 0) is 36.5 Å². The van der Waals surface area contributed by atoms with Crippen molar-refractivity contribution in [2.45, 2.75) is 38.8 Å². The normalized spacial score (nSPS) is 15.6. The van der Waals surface area contributed by atoms with E-state index < -0.39 is 0 Å². The van der Waals surface area contributed by atoms with Gasteiger partial charge in [-0.25, -0.2) is 0 Å². The molecule has 1 aromatic carbocycles. The highest BCUT2D eigenvalue weighted by atomic mass is 16.5. The van der Waals surface area contributed by atoms with Crippen molar-refractivity contribution in [1.29, 1.82) is 0 Å². The van der Waals surface area contributed by atoms with Gasteiger partial charge in [0.05, 0.1) is 6.10 Å². The Bertz CT molecular complexity index is 318. The minimum atomic E-state index is 0.466. The maximum absolute atomic E-state index is 5.83. The molecule has 2 N–H and O–H groups in total. The first-order valence-electron chi connectivity index (χ1n) is 5.32. The Morgan fingerprint density at radius 3 is 2.79 bits per heavy atom. The highest BCUT2D eigenvalue weighted by Gasteiger charge is 2.24.